The number of aromatic hydroxyl groups is 1. The van der Waals surface area contributed by atoms with Gasteiger partial charge in [0.1, 0.15) is 5.75 Å². The minimum atomic E-state index is 0.269. The van der Waals surface area contributed by atoms with Crippen LogP contribution in [0.1, 0.15) is 39.2 Å². The van der Waals surface area contributed by atoms with Crippen molar-refractivity contribution in [3.05, 3.63) is 29.8 Å². The molecule has 2 rings (SSSR count). The summed E-state index contributed by atoms with van der Waals surface area (Å²) in [5, 5.41) is 12.9. The average Bonchev–Trinajstić information content (AvgIpc) is 2.46. The van der Waals surface area contributed by atoms with Crippen molar-refractivity contribution < 1.29 is 9.84 Å². The third kappa shape index (κ3) is 3.15. The number of benzene rings is 1. The molecule has 1 saturated carbocycles. The van der Waals surface area contributed by atoms with E-state index in [1.165, 1.54) is 5.56 Å². The van der Waals surface area contributed by atoms with Gasteiger partial charge in [0.2, 0.25) is 0 Å². The predicted molar refractivity (Wildman–Crippen MR) is 82.0 cm³/mol. The normalized spacial score (nSPS) is 29.1. The third-order valence-electron chi connectivity index (χ3n) is 4.85. The van der Waals surface area contributed by atoms with Gasteiger partial charge >= 0.3 is 0 Å². The summed E-state index contributed by atoms with van der Waals surface area (Å²) in [7, 11) is 0. The third-order valence-corrected chi connectivity index (χ3v) is 4.85. The minimum absolute atomic E-state index is 0.269. The Kier molecular flexibility index (Phi) is 5.06. The van der Waals surface area contributed by atoms with E-state index >= 15 is 0 Å². The van der Waals surface area contributed by atoms with Crippen molar-refractivity contribution >= 4 is 0 Å². The van der Waals surface area contributed by atoms with Crippen LogP contribution in [-0.2, 0) is 11.2 Å². The zero-order chi connectivity index (χ0) is 14.6. The first-order valence-corrected chi connectivity index (χ1v) is 7.73. The van der Waals surface area contributed by atoms with Crippen LogP contribution >= 0.6 is 0 Å². The zero-order valence-electron chi connectivity index (χ0n) is 12.9. The first-order chi connectivity index (χ1) is 9.60. The molecule has 3 heteroatoms. The molecule has 112 valence electrons. The summed E-state index contributed by atoms with van der Waals surface area (Å²) in [6.45, 7) is 8.43. The molecule has 0 heterocycles. The molecule has 1 fully saturated rings. The van der Waals surface area contributed by atoms with E-state index in [4.69, 9.17) is 4.74 Å². The van der Waals surface area contributed by atoms with E-state index in [1.807, 2.05) is 12.1 Å². The fourth-order valence-electron chi connectivity index (χ4n) is 3.12. The standard InChI is InChI=1S/C17H27NO2/c1-4-17(3)15(12-16(17)20-5-2)18-11-10-13-6-8-14(19)9-7-13/h6-9,15-16,18-19H,4-5,10-12H2,1-3H3. The summed E-state index contributed by atoms with van der Waals surface area (Å²) < 4.78 is 5.82. The van der Waals surface area contributed by atoms with E-state index in [0.717, 1.165) is 32.4 Å². The van der Waals surface area contributed by atoms with E-state index in [-0.39, 0.29) is 5.41 Å². The number of hydrogen-bond donors (Lipinski definition) is 2. The molecule has 1 aromatic carbocycles. The lowest BCUT2D eigenvalue weighted by molar-refractivity contribution is -0.125. The maximum Gasteiger partial charge on any atom is 0.115 e. The van der Waals surface area contributed by atoms with Gasteiger partial charge in [-0.3, -0.25) is 0 Å². The molecule has 0 bridgehead atoms. The SMILES string of the molecule is CCOC1CC(NCCc2ccc(O)cc2)C1(C)CC. The number of rotatable bonds is 7. The highest BCUT2D eigenvalue weighted by molar-refractivity contribution is 5.26. The van der Waals surface area contributed by atoms with Crippen LogP contribution in [0, 0.1) is 5.41 Å². The molecular formula is C17H27NO2. The van der Waals surface area contributed by atoms with Gasteiger partial charge in [0.05, 0.1) is 6.10 Å². The van der Waals surface area contributed by atoms with Gasteiger partial charge in [-0.15, -0.1) is 0 Å². The molecule has 1 aliphatic carbocycles. The molecular weight excluding hydrogens is 250 g/mol. The molecule has 0 amide bonds. The Hall–Kier alpha value is -1.06. The van der Waals surface area contributed by atoms with Crippen LogP contribution in [0.3, 0.4) is 0 Å². The summed E-state index contributed by atoms with van der Waals surface area (Å²) >= 11 is 0. The Balaban J connectivity index is 1.78. The molecule has 0 spiro atoms. The van der Waals surface area contributed by atoms with E-state index < -0.39 is 0 Å². The van der Waals surface area contributed by atoms with Crippen LogP contribution in [0.15, 0.2) is 24.3 Å². The van der Waals surface area contributed by atoms with Gasteiger partial charge in [-0.05, 0) is 50.4 Å². The highest BCUT2D eigenvalue weighted by Crippen LogP contribution is 2.45. The molecule has 3 nitrogen and oxygen atoms in total. The zero-order valence-corrected chi connectivity index (χ0v) is 12.9. The summed E-state index contributed by atoms with van der Waals surface area (Å²) in [5.41, 5.74) is 1.53. The van der Waals surface area contributed by atoms with Crippen molar-refractivity contribution in [2.45, 2.75) is 52.2 Å². The molecule has 0 saturated heterocycles. The fourth-order valence-corrected chi connectivity index (χ4v) is 3.12. The predicted octanol–water partition coefficient (Wildman–Crippen LogP) is 3.12. The van der Waals surface area contributed by atoms with Crippen molar-refractivity contribution in [3.63, 3.8) is 0 Å². The molecule has 1 aliphatic rings. The summed E-state index contributed by atoms with van der Waals surface area (Å²) in [4.78, 5) is 0. The number of ether oxygens (including phenoxy) is 1. The first kappa shape index (κ1) is 15.3. The second-order valence-corrected chi connectivity index (χ2v) is 5.96. The minimum Gasteiger partial charge on any atom is -0.508 e. The largest absolute Gasteiger partial charge is 0.508 e. The summed E-state index contributed by atoms with van der Waals surface area (Å²) in [5.74, 6) is 0.332. The quantitative estimate of drug-likeness (QED) is 0.804. The van der Waals surface area contributed by atoms with Gasteiger partial charge < -0.3 is 15.2 Å². The molecule has 0 aromatic heterocycles. The van der Waals surface area contributed by atoms with E-state index in [2.05, 4.69) is 26.1 Å². The summed E-state index contributed by atoms with van der Waals surface area (Å²) in [6, 6.07) is 8.03. The Morgan fingerprint density at radius 2 is 2.00 bits per heavy atom. The van der Waals surface area contributed by atoms with Gasteiger partial charge in [0, 0.05) is 18.1 Å². The van der Waals surface area contributed by atoms with E-state index in [0.29, 0.717) is 17.9 Å². The van der Waals surface area contributed by atoms with Crippen molar-refractivity contribution in [1.29, 1.82) is 0 Å². The van der Waals surface area contributed by atoms with E-state index in [9.17, 15) is 5.11 Å². The van der Waals surface area contributed by atoms with Crippen LogP contribution in [0.4, 0.5) is 0 Å². The second-order valence-electron chi connectivity index (χ2n) is 5.96. The van der Waals surface area contributed by atoms with Crippen LogP contribution in [0.25, 0.3) is 0 Å². The Labute approximate surface area is 122 Å². The molecule has 3 atom stereocenters. The summed E-state index contributed by atoms with van der Waals surface area (Å²) in [6.07, 6.45) is 3.67. The Morgan fingerprint density at radius 1 is 1.30 bits per heavy atom. The number of hydrogen-bond acceptors (Lipinski definition) is 3. The molecule has 0 aliphatic heterocycles. The van der Waals surface area contributed by atoms with Crippen LogP contribution in [0.2, 0.25) is 0 Å². The maximum absolute atomic E-state index is 9.27. The van der Waals surface area contributed by atoms with Gasteiger partial charge in [-0.1, -0.05) is 26.0 Å². The van der Waals surface area contributed by atoms with E-state index in [1.54, 1.807) is 12.1 Å². The molecule has 1 aromatic rings. The van der Waals surface area contributed by atoms with Crippen LogP contribution < -0.4 is 5.32 Å². The van der Waals surface area contributed by atoms with Gasteiger partial charge in [-0.25, -0.2) is 0 Å². The Bertz CT molecular complexity index is 418. The van der Waals surface area contributed by atoms with Gasteiger partial charge in [0.25, 0.3) is 0 Å². The van der Waals surface area contributed by atoms with Crippen molar-refractivity contribution in [2.24, 2.45) is 5.41 Å². The van der Waals surface area contributed by atoms with Gasteiger partial charge in [0.15, 0.2) is 0 Å². The topological polar surface area (TPSA) is 41.5 Å². The van der Waals surface area contributed by atoms with Crippen molar-refractivity contribution in [3.8, 4) is 5.75 Å². The highest BCUT2D eigenvalue weighted by atomic mass is 16.5. The second kappa shape index (κ2) is 6.59. The monoisotopic (exact) mass is 277 g/mol. The average molecular weight is 277 g/mol. The molecule has 2 N–H and O–H groups in total. The number of phenols is 1. The maximum atomic E-state index is 9.27. The van der Waals surface area contributed by atoms with Crippen LogP contribution in [-0.4, -0.2) is 30.4 Å². The molecule has 0 radical (unpaired) electrons. The number of nitrogens with one attached hydrogen (secondary N) is 1. The smallest absolute Gasteiger partial charge is 0.115 e. The lowest BCUT2D eigenvalue weighted by Crippen LogP contribution is -2.62. The lowest BCUT2D eigenvalue weighted by Gasteiger charge is -2.53. The van der Waals surface area contributed by atoms with Crippen LogP contribution in [0.5, 0.6) is 5.75 Å². The first-order valence-electron chi connectivity index (χ1n) is 7.73. The lowest BCUT2D eigenvalue weighted by atomic mass is 9.61. The van der Waals surface area contributed by atoms with Crippen molar-refractivity contribution in [1.82, 2.24) is 5.32 Å². The highest BCUT2D eigenvalue weighted by Gasteiger charge is 2.50. The van der Waals surface area contributed by atoms with Crippen molar-refractivity contribution in [2.75, 3.05) is 13.2 Å². The van der Waals surface area contributed by atoms with Gasteiger partial charge in [-0.2, -0.15) is 0 Å². The molecule has 20 heavy (non-hydrogen) atoms. The molecule has 3 unspecified atom stereocenters. The number of phenolic OH excluding ortho intramolecular Hbond substituents is 1. The Morgan fingerprint density at radius 3 is 2.60 bits per heavy atom. The fraction of sp³-hybridized carbons (Fsp3) is 0.647.